The summed E-state index contributed by atoms with van der Waals surface area (Å²) in [4.78, 5) is 27.6. The van der Waals surface area contributed by atoms with Gasteiger partial charge in [-0.1, -0.05) is 44.2 Å². The van der Waals surface area contributed by atoms with Crippen molar-refractivity contribution >= 4 is 11.9 Å². The Labute approximate surface area is 144 Å². The molecule has 132 valence electrons. The number of hydrogen-bond donors (Lipinski definition) is 1. The lowest BCUT2D eigenvalue weighted by Crippen LogP contribution is -2.31. The van der Waals surface area contributed by atoms with Gasteiger partial charge in [0.25, 0.3) is 0 Å². The van der Waals surface area contributed by atoms with Gasteiger partial charge in [0, 0.05) is 39.6 Å². The molecule has 2 rings (SSSR count). The molecule has 5 nitrogen and oxygen atoms in total. The molecule has 5 heteroatoms. The van der Waals surface area contributed by atoms with Crippen molar-refractivity contribution in [3.63, 3.8) is 0 Å². The summed E-state index contributed by atoms with van der Waals surface area (Å²) < 4.78 is 0. The van der Waals surface area contributed by atoms with E-state index >= 15 is 0 Å². The normalized spacial score (nSPS) is 21.2. The fraction of sp³-hybridized carbons (Fsp3) is 0.579. The standard InChI is InChI=1S/C19H28N2O3/c1-14(2)16-12-21(13-17(16)19(23)24)10-9-18(22)20(3)11-15-7-5-4-6-8-15/h4-8,14,16-17H,9-13H2,1-3H3,(H,23,24)/t16-,17+/m0/s1. The van der Waals surface area contributed by atoms with E-state index in [1.54, 1.807) is 4.90 Å². The third-order valence-electron chi connectivity index (χ3n) is 4.94. The van der Waals surface area contributed by atoms with Gasteiger partial charge < -0.3 is 14.9 Å². The molecular weight excluding hydrogens is 304 g/mol. The van der Waals surface area contributed by atoms with Crippen LogP contribution >= 0.6 is 0 Å². The fourth-order valence-corrected chi connectivity index (χ4v) is 3.42. The monoisotopic (exact) mass is 332 g/mol. The van der Waals surface area contributed by atoms with Crippen LogP contribution in [0, 0.1) is 17.8 Å². The van der Waals surface area contributed by atoms with Crippen LogP contribution in [0.1, 0.15) is 25.8 Å². The third-order valence-corrected chi connectivity index (χ3v) is 4.94. The van der Waals surface area contributed by atoms with Crippen LogP contribution in [0.3, 0.4) is 0 Å². The largest absolute Gasteiger partial charge is 0.481 e. The van der Waals surface area contributed by atoms with Gasteiger partial charge >= 0.3 is 5.97 Å². The van der Waals surface area contributed by atoms with Crippen LogP contribution in [0.2, 0.25) is 0 Å². The van der Waals surface area contributed by atoms with Crippen molar-refractivity contribution in [2.75, 3.05) is 26.7 Å². The molecule has 24 heavy (non-hydrogen) atoms. The molecule has 0 unspecified atom stereocenters. The molecule has 0 bridgehead atoms. The second-order valence-electron chi connectivity index (χ2n) is 7.10. The van der Waals surface area contributed by atoms with Crippen LogP contribution in [0.5, 0.6) is 0 Å². The van der Waals surface area contributed by atoms with E-state index in [4.69, 9.17) is 0 Å². The van der Waals surface area contributed by atoms with Gasteiger partial charge in [0.15, 0.2) is 0 Å². The van der Waals surface area contributed by atoms with E-state index in [1.165, 1.54) is 0 Å². The number of carboxylic acid groups (broad SMARTS) is 1. The van der Waals surface area contributed by atoms with Crippen LogP contribution in [0.4, 0.5) is 0 Å². The Kier molecular flexibility index (Phi) is 6.37. The molecule has 1 aliphatic rings. The molecule has 1 fully saturated rings. The summed E-state index contributed by atoms with van der Waals surface area (Å²) in [5.74, 6) is -0.434. The highest BCUT2D eigenvalue weighted by Gasteiger charge is 2.38. The summed E-state index contributed by atoms with van der Waals surface area (Å²) in [6.45, 7) is 6.70. The zero-order valence-corrected chi connectivity index (χ0v) is 14.8. The number of likely N-dealkylation sites (tertiary alicyclic amines) is 1. The summed E-state index contributed by atoms with van der Waals surface area (Å²) in [5, 5.41) is 9.38. The summed E-state index contributed by atoms with van der Waals surface area (Å²) >= 11 is 0. The van der Waals surface area contributed by atoms with E-state index in [-0.39, 0.29) is 17.7 Å². The number of carboxylic acids is 1. The minimum atomic E-state index is -0.719. The molecule has 0 saturated carbocycles. The van der Waals surface area contributed by atoms with E-state index in [2.05, 4.69) is 18.7 Å². The van der Waals surface area contributed by atoms with Crippen molar-refractivity contribution < 1.29 is 14.7 Å². The Morgan fingerprint density at radius 1 is 1.25 bits per heavy atom. The SMILES string of the molecule is CC(C)[C@@H]1CN(CCC(=O)N(C)Cc2ccccc2)C[C@H]1C(=O)O. The van der Waals surface area contributed by atoms with E-state index in [9.17, 15) is 14.7 Å². The van der Waals surface area contributed by atoms with Crippen LogP contribution in [0.25, 0.3) is 0 Å². The average Bonchev–Trinajstić information content (AvgIpc) is 2.98. The molecule has 0 spiro atoms. The lowest BCUT2D eigenvalue weighted by molar-refractivity contribution is -0.143. The lowest BCUT2D eigenvalue weighted by Gasteiger charge is -2.21. The second kappa shape index (κ2) is 8.29. The van der Waals surface area contributed by atoms with Crippen molar-refractivity contribution in [1.82, 2.24) is 9.80 Å². The Hall–Kier alpha value is -1.88. The number of hydrogen-bond acceptors (Lipinski definition) is 3. The van der Waals surface area contributed by atoms with Crippen molar-refractivity contribution in [2.45, 2.75) is 26.8 Å². The van der Waals surface area contributed by atoms with Crippen molar-refractivity contribution in [3.8, 4) is 0 Å². The maximum atomic E-state index is 12.3. The predicted molar refractivity (Wildman–Crippen MR) is 93.4 cm³/mol. The Morgan fingerprint density at radius 3 is 2.46 bits per heavy atom. The molecule has 0 radical (unpaired) electrons. The average molecular weight is 332 g/mol. The molecule has 0 aliphatic carbocycles. The van der Waals surface area contributed by atoms with Gasteiger partial charge in [0.2, 0.25) is 5.91 Å². The minimum Gasteiger partial charge on any atom is -0.481 e. The number of carbonyl (C=O) groups excluding carboxylic acids is 1. The van der Waals surface area contributed by atoms with E-state index < -0.39 is 5.97 Å². The molecule has 1 amide bonds. The predicted octanol–water partition coefficient (Wildman–Crippen LogP) is 2.32. The Bertz CT molecular complexity index is 559. The fourth-order valence-electron chi connectivity index (χ4n) is 3.42. The summed E-state index contributed by atoms with van der Waals surface area (Å²) in [5.41, 5.74) is 1.11. The molecular formula is C19H28N2O3. The third kappa shape index (κ3) is 4.81. The highest BCUT2D eigenvalue weighted by Crippen LogP contribution is 2.29. The number of rotatable bonds is 7. The highest BCUT2D eigenvalue weighted by molar-refractivity contribution is 5.76. The van der Waals surface area contributed by atoms with Gasteiger partial charge in [-0.2, -0.15) is 0 Å². The van der Waals surface area contributed by atoms with Crippen LogP contribution in [0.15, 0.2) is 30.3 Å². The molecule has 2 atom stereocenters. The lowest BCUT2D eigenvalue weighted by atomic mass is 9.86. The molecule has 1 N–H and O–H groups in total. The number of benzene rings is 1. The first kappa shape index (κ1) is 18.5. The topological polar surface area (TPSA) is 60.9 Å². The highest BCUT2D eigenvalue weighted by atomic mass is 16.4. The Balaban J connectivity index is 1.82. The molecule has 1 heterocycles. The molecule has 1 aromatic carbocycles. The van der Waals surface area contributed by atoms with E-state index in [0.717, 1.165) is 12.1 Å². The van der Waals surface area contributed by atoms with Crippen molar-refractivity contribution in [3.05, 3.63) is 35.9 Å². The summed E-state index contributed by atoms with van der Waals surface area (Å²) in [6, 6.07) is 9.92. The van der Waals surface area contributed by atoms with Gasteiger partial charge in [-0.25, -0.2) is 0 Å². The number of nitrogens with zero attached hydrogens (tertiary/aromatic N) is 2. The minimum absolute atomic E-state index is 0.0960. The van der Waals surface area contributed by atoms with Crippen LogP contribution < -0.4 is 0 Å². The molecule has 1 aromatic rings. The van der Waals surface area contributed by atoms with Gasteiger partial charge in [0.1, 0.15) is 0 Å². The summed E-state index contributed by atoms with van der Waals surface area (Å²) in [7, 11) is 1.82. The van der Waals surface area contributed by atoms with Crippen molar-refractivity contribution in [2.24, 2.45) is 17.8 Å². The first-order valence-corrected chi connectivity index (χ1v) is 8.61. The van der Waals surface area contributed by atoms with Crippen LogP contribution in [-0.4, -0.2) is 53.5 Å². The zero-order chi connectivity index (χ0) is 17.7. The van der Waals surface area contributed by atoms with E-state index in [0.29, 0.717) is 32.0 Å². The summed E-state index contributed by atoms with van der Waals surface area (Å²) in [6.07, 6.45) is 0.431. The maximum absolute atomic E-state index is 12.3. The first-order valence-electron chi connectivity index (χ1n) is 8.61. The quantitative estimate of drug-likeness (QED) is 0.832. The molecule has 0 aromatic heterocycles. The van der Waals surface area contributed by atoms with Crippen LogP contribution in [-0.2, 0) is 16.1 Å². The van der Waals surface area contributed by atoms with Gasteiger partial charge in [0.05, 0.1) is 5.92 Å². The number of carbonyl (C=O) groups is 2. The molecule has 1 saturated heterocycles. The number of amides is 1. The molecule has 1 aliphatic heterocycles. The zero-order valence-electron chi connectivity index (χ0n) is 14.8. The van der Waals surface area contributed by atoms with Gasteiger partial charge in [-0.05, 0) is 17.4 Å². The van der Waals surface area contributed by atoms with Gasteiger partial charge in [-0.3, -0.25) is 9.59 Å². The Morgan fingerprint density at radius 2 is 1.92 bits per heavy atom. The number of aliphatic carboxylic acids is 1. The smallest absolute Gasteiger partial charge is 0.308 e. The van der Waals surface area contributed by atoms with E-state index in [1.807, 2.05) is 37.4 Å². The maximum Gasteiger partial charge on any atom is 0.308 e. The first-order chi connectivity index (χ1) is 11.4. The van der Waals surface area contributed by atoms with Gasteiger partial charge in [-0.15, -0.1) is 0 Å². The second-order valence-corrected chi connectivity index (χ2v) is 7.10. The van der Waals surface area contributed by atoms with Crippen molar-refractivity contribution in [1.29, 1.82) is 0 Å².